The molecule has 0 amide bonds. The fourth-order valence-electron chi connectivity index (χ4n) is 1.93. The molecule has 0 saturated heterocycles. The van der Waals surface area contributed by atoms with Crippen LogP contribution in [0.1, 0.15) is 12.4 Å². The number of rotatable bonds is 5. The van der Waals surface area contributed by atoms with Crippen molar-refractivity contribution in [1.29, 1.82) is 0 Å². The fraction of sp³-hybridized carbons (Fsp3) is 0.154. The molecule has 0 spiro atoms. The second kappa shape index (κ2) is 6.55. The first-order valence-corrected chi connectivity index (χ1v) is 7.81. The first-order chi connectivity index (χ1) is 11.1. The zero-order valence-corrected chi connectivity index (χ0v) is 13.2. The predicted octanol–water partition coefficient (Wildman–Crippen LogP) is 3.20. The van der Waals surface area contributed by atoms with Gasteiger partial charge in [-0.25, -0.2) is 9.66 Å². The zero-order chi connectivity index (χ0) is 16.4. The number of halogens is 3. The summed E-state index contributed by atoms with van der Waals surface area (Å²) in [6, 6.07) is 6.98. The van der Waals surface area contributed by atoms with Crippen molar-refractivity contribution in [3.8, 4) is 11.4 Å². The Kier molecular flexibility index (Phi) is 4.49. The summed E-state index contributed by atoms with van der Waals surface area (Å²) in [5.41, 5.74) is 0.755. The minimum atomic E-state index is -2.63. The minimum Gasteiger partial charge on any atom is -0.335 e. The molecular formula is C13H11ClF2N6S. The molecule has 0 bridgehead atoms. The van der Waals surface area contributed by atoms with Crippen LogP contribution in [0.5, 0.6) is 0 Å². The highest BCUT2D eigenvalue weighted by atomic mass is 35.5. The quantitative estimate of drug-likeness (QED) is 0.561. The lowest BCUT2D eigenvalue weighted by molar-refractivity contribution is 0.0678. The van der Waals surface area contributed by atoms with Crippen molar-refractivity contribution < 1.29 is 8.78 Å². The Morgan fingerprint density at radius 3 is 2.65 bits per heavy atom. The van der Waals surface area contributed by atoms with Gasteiger partial charge in [0.2, 0.25) is 5.16 Å². The molecule has 0 aliphatic heterocycles. The molecule has 10 heteroatoms. The molecule has 0 fully saturated rings. The summed E-state index contributed by atoms with van der Waals surface area (Å²) in [7, 11) is 0. The largest absolute Gasteiger partial charge is 0.335 e. The van der Waals surface area contributed by atoms with Gasteiger partial charge in [-0.2, -0.15) is 8.78 Å². The summed E-state index contributed by atoms with van der Waals surface area (Å²) in [5, 5.41) is 9.01. The molecule has 0 atom stereocenters. The summed E-state index contributed by atoms with van der Waals surface area (Å²) >= 11 is 7.02. The number of hydrogen-bond donors (Lipinski definition) is 1. The molecular weight excluding hydrogens is 346 g/mol. The van der Waals surface area contributed by atoms with Crippen LogP contribution in [0.2, 0.25) is 5.02 Å². The second-order valence-electron chi connectivity index (χ2n) is 4.50. The maximum absolute atomic E-state index is 12.8. The van der Waals surface area contributed by atoms with Gasteiger partial charge < -0.3 is 5.84 Å². The Morgan fingerprint density at radius 2 is 1.96 bits per heavy atom. The minimum absolute atomic E-state index is 0.202. The van der Waals surface area contributed by atoms with E-state index in [0.29, 0.717) is 16.0 Å². The number of aromatic nitrogens is 5. The number of nitrogen functional groups attached to an aromatic ring is 1. The van der Waals surface area contributed by atoms with Crippen LogP contribution in [0.25, 0.3) is 11.4 Å². The Morgan fingerprint density at radius 1 is 1.22 bits per heavy atom. The summed E-state index contributed by atoms with van der Waals surface area (Å²) < 4.78 is 27.6. The lowest BCUT2D eigenvalue weighted by Crippen LogP contribution is -2.12. The van der Waals surface area contributed by atoms with Crippen LogP contribution in [-0.2, 0) is 5.75 Å². The van der Waals surface area contributed by atoms with E-state index in [1.807, 2.05) is 0 Å². The second-order valence-corrected chi connectivity index (χ2v) is 5.88. The molecule has 0 aliphatic rings. The van der Waals surface area contributed by atoms with Crippen LogP contribution < -0.4 is 5.84 Å². The number of nitrogens with zero attached hydrogens (tertiary/aromatic N) is 5. The van der Waals surface area contributed by atoms with Gasteiger partial charge in [-0.3, -0.25) is 4.57 Å². The molecule has 2 aromatic heterocycles. The summed E-state index contributed by atoms with van der Waals surface area (Å²) in [5.74, 6) is 6.87. The van der Waals surface area contributed by atoms with Crippen LogP contribution in [0.15, 0.2) is 41.8 Å². The van der Waals surface area contributed by atoms with Crippen LogP contribution in [0.4, 0.5) is 8.78 Å². The molecule has 0 aliphatic carbocycles. The van der Waals surface area contributed by atoms with Crippen molar-refractivity contribution in [2.45, 2.75) is 17.5 Å². The average Bonchev–Trinajstić information content (AvgIpc) is 3.13. The predicted molar refractivity (Wildman–Crippen MR) is 83.7 cm³/mol. The monoisotopic (exact) mass is 356 g/mol. The van der Waals surface area contributed by atoms with Gasteiger partial charge in [0, 0.05) is 23.0 Å². The van der Waals surface area contributed by atoms with E-state index < -0.39 is 6.55 Å². The molecule has 0 unspecified atom stereocenters. The van der Waals surface area contributed by atoms with E-state index in [4.69, 9.17) is 17.4 Å². The molecule has 1 aromatic carbocycles. The van der Waals surface area contributed by atoms with Crippen LogP contribution in [-0.4, -0.2) is 24.4 Å². The van der Waals surface area contributed by atoms with Gasteiger partial charge in [0.25, 0.3) is 0 Å². The standard InChI is InChI=1S/C13H11ClF2N6S/c14-9-3-1-8(2-4-9)11-19-20-13(22(11)17)23-7-10-18-5-6-21(10)12(15)16/h1-6,12H,7,17H2. The average molecular weight is 357 g/mol. The maximum atomic E-state index is 12.8. The van der Waals surface area contributed by atoms with Gasteiger partial charge in [-0.1, -0.05) is 23.4 Å². The van der Waals surface area contributed by atoms with Crippen molar-refractivity contribution in [2.75, 3.05) is 5.84 Å². The van der Waals surface area contributed by atoms with Gasteiger partial charge in [0.05, 0.1) is 5.75 Å². The normalized spacial score (nSPS) is 11.3. The number of nitrogens with two attached hydrogens (primary N) is 1. The Bertz CT molecular complexity index is 801. The topological polar surface area (TPSA) is 74.6 Å². The molecule has 6 nitrogen and oxygen atoms in total. The summed E-state index contributed by atoms with van der Waals surface area (Å²) in [6.07, 6.45) is 2.56. The molecule has 0 saturated carbocycles. The number of hydrogen-bond acceptors (Lipinski definition) is 5. The van der Waals surface area contributed by atoms with Crippen molar-refractivity contribution in [1.82, 2.24) is 24.4 Å². The number of alkyl halides is 2. The Hall–Kier alpha value is -2.13. The third-order valence-corrected chi connectivity index (χ3v) is 4.25. The van der Waals surface area contributed by atoms with E-state index in [-0.39, 0.29) is 11.6 Å². The van der Waals surface area contributed by atoms with Crippen LogP contribution in [0.3, 0.4) is 0 Å². The Labute approximate surface area is 139 Å². The van der Waals surface area contributed by atoms with Crippen LogP contribution in [0, 0.1) is 0 Å². The number of thioether (sulfide) groups is 1. The number of imidazole rings is 1. The van der Waals surface area contributed by atoms with E-state index in [9.17, 15) is 8.78 Å². The molecule has 3 rings (SSSR count). The molecule has 2 N–H and O–H groups in total. The van der Waals surface area contributed by atoms with Crippen molar-refractivity contribution in [3.63, 3.8) is 0 Å². The highest BCUT2D eigenvalue weighted by Gasteiger charge is 2.15. The van der Waals surface area contributed by atoms with Crippen LogP contribution >= 0.6 is 23.4 Å². The smallest absolute Gasteiger partial charge is 0.319 e. The third-order valence-electron chi connectivity index (χ3n) is 3.06. The Balaban J connectivity index is 1.77. The molecule has 2 heterocycles. The first kappa shape index (κ1) is 15.8. The SMILES string of the molecule is Nn1c(SCc2nccn2C(F)F)nnc1-c1ccc(Cl)cc1. The third kappa shape index (κ3) is 3.30. The summed E-state index contributed by atoms with van der Waals surface area (Å²) in [4.78, 5) is 3.91. The van der Waals surface area contributed by atoms with Crippen molar-refractivity contribution >= 4 is 23.4 Å². The summed E-state index contributed by atoms with van der Waals surface area (Å²) in [6.45, 7) is -2.63. The number of benzene rings is 1. The van der Waals surface area contributed by atoms with E-state index >= 15 is 0 Å². The van der Waals surface area contributed by atoms with E-state index in [0.717, 1.165) is 10.1 Å². The molecule has 0 radical (unpaired) electrons. The van der Waals surface area contributed by atoms with Crippen molar-refractivity contribution in [2.24, 2.45) is 0 Å². The highest BCUT2D eigenvalue weighted by molar-refractivity contribution is 7.98. The van der Waals surface area contributed by atoms with Gasteiger partial charge in [-0.15, -0.1) is 10.2 Å². The van der Waals surface area contributed by atoms with Gasteiger partial charge >= 0.3 is 6.55 Å². The zero-order valence-electron chi connectivity index (χ0n) is 11.6. The van der Waals surface area contributed by atoms with E-state index in [2.05, 4.69) is 15.2 Å². The van der Waals surface area contributed by atoms with E-state index in [1.165, 1.54) is 28.8 Å². The van der Waals surface area contributed by atoms with E-state index in [1.54, 1.807) is 24.3 Å². The molecule has 23 heavy (non-hydrogen) atoms. The van der Waals surface area contributed by atoms with Crippen molar-refractivity contribution in [3.05, 3.63) is 47.5 Å². The fourth-order valence-corrected chi connectivity index (χ4v) is 2.87. The van der Waals surface area contributed by atoms with Gasteiger partial charge in [-0.05, 0) is 24.3 Å². The highest BCUT2D eigenvalue weighted by Crippen LogP contribution is 2.25. The lowest BCUT2D eigenvalue weighted by atomic mass is 10.2. The maximum Gasteiger partial charge on any atom is 0.319 e. The van der Waals surface area contributed by atoms with Gasteiger partial charge in [0.1, 0.15) is 5.82 Å². The lowest BCUT2D eigenvalue weighted by Gasteiger charge is -2.06. The molecule has 3 aromatic rings. The van der Waals surface area contributed by atoms with Gasteiger partial charge in [0.15, 0.2) is 5.82 Å². The first-order valence-electron chi connectivity index (χ1n) is 6.45. The molecule has 120 valence electrons.